The zero-order valence-electron chi connectivity index (χ0n) is 12.8. The smallest absolute Gasteiger partial charge is 0.237 e. The molecule has 3 rings (SSSR count). The van der Waals surface area contributed by atoms with Crippen LogP contribution in [0, 0.1) is 5.92 Å². The average Bonchev–Trinajstić information content (AvgIpc) is 3.00. The molecule has 1 unspecified atom stereocenters. The molecule has 0 aliphatic carbocycles. The van der Waals surface area contributed by atoms with Crippen molar-refractivity contribution < 1.29 is 4.79 Å². The van der Waals surface area contributed by atoms with Crippen LogP contribution in [0.15, 0.2) is 24.3 Å². The molecule has 0 spiro atoms. The van der Waals surface area contributed by atoms with E-state index in [1.54, 1.807) is 0 Å². The van der Waals surface area contributed by atoms with Gasteiger partial charge in [-0.05, 0) is 43.0 Å². The molecule has 2 heterocycles. The molecule has 2 aliphatic heterocycles. The Balaban J connectivity index is 1.48. The van der Waals surface area contributed by atoms with Crippen LogP contribution >= 0.6 is 0 Å². The number of amides is 1. The minimum absolute atomic E-state index is 0.0800. The van der Waals surface area contributed by atoms with Gasteiger partial charge in [-0.3, -0.25) is 4.79 Å². The third kappa shape index (κ3) is 3.44. The first-order chi connectivity index (χ1) is 10.3. The van der Waals surface area contributed by atoms with Crippen molar-refractivity contribution >= 4 is 5.91 Å². The van der Waals surface area contributed by atoms with Gasteiger partial charge in [0.1, 0.15) is 0 Å². The van der Waals surface area contributed by atoms with Gasteiger partial charge in [0, 0.05) is 19.6 Å². The molecule has 0 aromatic heterocycles. The lowest BCUT2D eigenvalue weighted by Gasteiger charge is -2.25. The number of rotatable bonds is 4. The fourth-order valence-corrected chi connectivity index (χ4v) is 3.37. The molecule has 4 heteroatoms. The van der Waals surface area contributed by atoms with Crippen molar-refractivity contribution in [2.75, 3.05) is 26.2 Å². The molecule has 1 fully saturated rings. The fourth-order valence-electron chi connectivity index (χ4n) is 3.37. The van der Waals surface area contributed by atoms with Gasteiger partial charge >= 0.3 is 0 Å². The van der Waals surface area contributed by atoms with Crippen LogP contribution in [0.4, 0.5) is 0 Å². The standard InChI is InChI=1S/C17H25N3O/c1-2-20-8-7-13(12-20)10-19-17(21)16-9-14-5-3-4-6-15(14)11-18-16/h3-6,13,16,18H,2,7-12H2,1H3,(H,19,21)/t13?,16-/m0/s1. The van der Waals surface area contributed by atoms with Crippen molar-refractivity contribution in [2.24, 2.45) is 5.92 Å². The lowest BCUT2D eigenvalue weighted by Crippen LogP contribution is -2.48. The maximum absolute atomic E-state index is 12.3. The topological polar surface area (TPSA) is 44.4 Å². The SMILES string of the molecule is CCN1CCC(CNC(=O)[C@@H]2Cc3ccccc3CN2)C1. The highest BCUT2D eigenvalue weighted by atomic mass is 16.2. The maximum Gasteiger partial charge on any atom is 0.237 e. The van der Waals surface area contributed by atoms with E-state index >= 15 is 0 Å². The van der Waals surface area contributed by atoms with Crippen LogP contribution in [0.5, 0.6) is 0 Å². The fraction of sp³-hybridized carbons (Fsp3) is 0.588. The van der Waals surface area contributed by atoms with E-state index in [2.05, 4.69) is 46.7 Å². The summed E-state index contributed by atoms with van der Waals surface area (Å²) in [4.78, 5) is 14.8. The molecular weight excluding hydrogens is 262 g/mol. The van der Waals surface area contributed by atoms with E-state index in [-0.39, 0.29) is 11.9 Å². The number of hydrogen-bond acceptors (Lipinski definition) is 3. The predicted molar refractivity (Wildman–Crippen MR) is 84.0 cm³/mol. The van der Waals surface area contributed by atoms with E-state index in [0.717, 1.165) is 32.6 Å². The maximum atomic E-state index is 12.3. The minimum Gasteiger partial charge on any atom is -0.354 e. The number of likely N-dealkylation sites (tertiary alicyclic amines) is 1. The van der Waals surface area contributed by atoms with Crippen LogP contribution in [-0.2, 0) is 17.8 Å². The van der Waals surface area contributed by atoms with Crippen LogP contribution in [0.2, 0.25) is 0 Å². The lowest BCUT2D eigenvalue weighted by atomic mass is 9.95. The van der Waals surface area contributed by atoms with Crippen LogP contribution in [0.25, 0.3) is 0 Å². The van der Waals surface area contributed by atoms with E-state index in [9.17, 15) is 4.79 Å². The lowest BCUT2D eigenvalue weighted by molar-refractivity contribution is -0.123. The Labute approximate surface area is 126 Å². The second-order valence-corrected chi connectivity index (χ2v) is 6.20. The highest BCUT2D eigenvalue weighted by Crippen LogP contribution is 2.17. The first-order valence-electron chi connectivity index (χ1n) is 8.06. The number of carbonyl (C=O) groups excluding carboxylic acids is 1. The van der Waals surface area contributed by atoms with Gasteiger partial charge in [-0.1, -0.05) is 31.2 Å². The van der Waals surface area contributed by atoms with Gasteiger partial charge in [0.2, 0.25) is 5.91 Å². The summed E-state index contributed by atoms with van der Waals surface area (Å²) in [5.41, 5.74) is 2.62. The summed E-state index contributed by atoms with van der Waals surface area (Å²) < 4.78 is 0. The number of fused-ring (bicyclic) bond motifs is 1. The molecule has 1 amide bonds. The molecule has 2 N–H and O–H groups in total. The van der Waals surface area contributed by atoms with E-state index in [1.807, 2.05) is 0 Å². The summed E-state index contributed by atoms with van der Waals surface area (Å²) in [6.07, 6.45) is 2.00. The third-order valence-corrected chi connectivity index (χ3v) is 4.78. The minimum atomic E-state index is -0.0800. The Morgan fingerprint density at radius 1 is 1.38 bits per heavy atom. The molecule has 21 heavy (non-hydrogen) atoms. The van der Waals surface area contributed by atoms with Crippen molar-refractivity contribution in [1.82, 2.24) is 15.5 Å². The van der Waals surface area contributed by atoms with Crippen molar-refractivity contribution in [1.29, 1.82) is 0 Å². The van der Waals surface area contributed by atoms with Gasteiger partial charge in [0.05, 0.1) is 6.04 Å². The summed E-state index contributed by atoms with van der Waals surface area (Å²) in [5.74, 6) is 0.768. The zero-order valence-corrected chi connectivity index (χ0v) is 12.8. The van der Waals surface area contributed by atoms with Gasteiger partial charge < -0.3 is 15.5 Å². The molecule has 1 saturated heterocycles. The highest BCUT2D eigenvalue weighted by molar-refractivity contribution is 5.82. The zero-order chi connectivity index (χ0) is 14.7. The molecule has 0 radical (unpaired) electrons. The average molecular weight is 287 g/mol. The van der Waals surface area contributed by atoms with Crippen molar-refractivity contribution in [3.8, 4) is 0 Å². The first kappa shape index (κ1) is 14.5. The molecular formula is C17H25N3O. The summed E-state index contributed by atoms with van der Waals surface area (Å²) in [7, 11) is 0. The number of benzene rings is 1. The summed E-state index contributed by atoms with van der Waals surface area (Å²) >= 11 is 0. The second kappa shape index (κ2) is 6.58. The molecule has 1 aromatic carbocycles. The summed E-state index contributed by atoms with van der Waals surface area (Å²) in [6, 6.07) is 8.29. The van der Waals surface area contributed by atoms with Crippen LogP contribution in [0.3, 0.4) is 0 Å². The third-order valence-electron chi connectivity index (χ3n) is 4.78. The van der Waals surface area contributed by atoms with Crippen molar-refractivity contribution in [2.45, 2.75) is 32.4 Å². The Morgan fingerprint density at radius 2 is 2.19 bits per heavy atom. The van der Waals surface area contributed by atoms with E-state index in [1.165, 1.54) is 24.1 Å². The number of nitrogens with one attached hydrogen (secondary N) is 2. The van der Waals surface area contributed by atoms with Crippen LogP contribution in [0.1, 0.15) is 24.5 Å². The molecule has 0 bridgehead atoms. The van der Waals surface area contributed by atoms with Gasteiger partial charge in [0.15, 0.2) is 0 Å². The van der Waals surface area contributed by atoms with Gasteiger partial charge in [-0.2, -0.15) is 0 Å². The molecule has 2 aliphatic rings. The molecule has 0 saturated carbocycles. The quantitative estimate of drug-likeness (QED) is 0.873. The van der Waals surface area contributed by atoms with E-state index in [4.69, 9.17) is 0 Å². The van der Waals surface area contributed by atoms with Crippen molar-refractivity contribution in [3.05, 3.63) is 35.4 Å². The normalized spacial score (nSPS) is 25.6. The molecule has 1 aromatic rings. The van der Waals surface area contributed by atoms with Gasteiger partial charge in [-0.25, -0.2) is 0 Å². The Bertz CT molecular complexity index is 503. The van der Waals surface area contributed by atoms with E-state index < -0.39 is 0 Å². The van der Waals surface area contributed by atoms with Gasteiger partial charge in [-0.15, -0.1) is 0 Å². The number of nitrogens with zero attached hydrogens (tertiary/aromatic N) is 1. The Hall–Kier alpha value is -1.39. The predicted octanol–water partition coefficient (Wildman–Crippen LogP) is 1.16. The Morgan fingerprint density at radius 3 is 2.95 bits per heavy atom. The van der Waals surface area contributed by atoms with Crippen LogP contribution < -0.4 is 10.6 Å². The first-order valence-corrected chi connectivity index (χ1v) is 8.06. The highest BCUT2D eigenvalue weighted by Gasteiger charge is 2.26. The van der Waals surface area contributed by atoms with Gasteiger partial charge in [0.25, 0.3) is 0 Å². The molecule has 2 atom stereocenters. The number of hydrogen-bond donors (Lipinski definition) is 2. The second-order valence-electron chi connectivity index (χ2n) is 6.20. The summed E-state index contributed by atoms with van der Waals surface area (Å²) in [5, 5.41) is 6.49. The monoisotopic (exact) mass is 287 g/mol. The number of carbonyl (C=O) groups is 1. The largest absolute Gasteiger partial charge is 0.354 e. The molecule has 4 nitrogen and oxygen atoms in total. The molecule has 114 valence electrons. The Kier molecular flexibility index (Phi) is 4.56. The van der Waals surface area contributed by atoms with E-state index in [0.29, 0.717) is 5.92 Å². The van der Waals surface area contributed by atoms with Crippen molar-refractivity contribution in [3.63, 3.8) is 0 Å². The van der Waals surface area contributed by atoms with Crippen LogP contribution in [-0.4, -0.2) is 43.0 Å². The summed E-state index contributed by atoms with van der Waals surface area (Å²) in [6.45, 7) is 7.22.